The van der Waals surface area contributed by atoms with E-state index >= 15 is 0 Å². The summed E-state index contributed by atoms with van der Waals surface area (Å²) in [6.45, 7) is 2.63. The van der Waals surface area contributed by atoms with Gasteiger partial charge < -0.3 is 20.7 Å². The van der Waals surface area contributed by atoms with Crippen LogP contribution in [0.1, 0.15) is 48.7 Å². The third-order valence-corrected chi connectivity index (χ3v) is 7.32. The summed E-state index contributed by atoms with van der Waals surface area (Å²) in [5.41, 5.74) is 8.02. The molecule has 11 heteroatoms. The molecule has 1 aliphatic rings. The van der Waals surface area contributed by atoms with Crippen molar-refractivity contribution in [1.29, 1.82) is 0 Å². The number of alkyl halides is 2. The fourth-order valence-corrected chi connectivity index (χ4v) is 5.19. The van der Waals surface area contributed by atoms with Gasteiger partial charge in [-0.3, -0.25) is 14.4 Å². The molecular weight excluding hydrogens is 544 g/mol. The molecule has 1 aliphatic heterocycles. The van der Waals surface area contributed by atoms with Gasteiger partial charge in [0.05, 0.1) is 23.4 Å². The molecule has 1 aromatic heterocycles. The van der Waals surface area contributed by atoms with E-state index in [1.165, 1.54) is 4.90 Å². The van der Waals surface area contributed by atoms with Crippen molar-refractivity contribution in [3.8, 4) is 11.4 Å². The maximum absolute atomic E-state index is 13.6. The molecule has 0 unspecified atom stereocenters. The van der Waals surface area contributed by atoms with Crippen LogP contribution in [-0.4, -0.2) is 57.0 Å². The predicted octanol–water partition coefficient (Wildman–Crippen LogP) is 4.40. The van der Waals surface area contributed by atoms with E-state index in [-0.39, 0.29) is 5.91 Å². The number of carbonyl (C=O) groups excluding carboxylic acids is 3. The average molecular weight is 576 g/mol. The molecule has 4 aromatic rings. The second-order valence-corrected chi connectivity index (χ2v) is 10.5. The minimum Gasteiger partial charge on any atom is -0.484 e. The Morgan fingerprint density at radius 1 is 1.07 bits per heavy atom. The number of fused-ring (bicyclic) bond motifs is 1. The lowest BCUT2D eigenvalue weighted by Crippen LogP contribution is -2.46. The van der Waals surface area contributed by atoms with Gasteiger partial charge in [-0.2, -0.15) is 13.9 Å². The second kappa shape index (κ2) is 11.6. The van der Waals surface area contributed by atoms with Crippen molar-refractivity contribution < 1.29 is 27.9 Å². The van der Waals surface area contributed by atoms with E-state index in [4.69, 9.17) is 10.5 Å². The first-order valence-corrected chi connectivity index (χ1v) is 13.6. The highest BCUT2D eigenvalue weighted by molar-refractivity contribution is 5.98. The molecule has 0 spiro atoms. The Hall–Kier alpha value is -4.80. The summed E-state index contributed by atoms with van der Waals surface area (Å²) in [7, 11) is 0. The van der Waals surface area contributed by atoms with Crippen LogP contribution in [0.15, 0.2) is 79.0 Å². The summed E-state index contributed by atoms with van der Waals surface area (Å²) in [4.78, 5) is 38.5. The number of halogens is 2. The van der Waals surface area contributed by atoms with Crippen molar-refractivity contribution >= 4 is 28.6 Å². The first kappa shape index (κ1) is 28.7. The lowest BCUT2D eigenvalue weighted by atomic mass is 10.0. The van der Waals surface area contributed by atoms with Crippen LogP contribution in [0.25, 0.3) is 16.6 Å². The van der Waals surface area contributed by atoms with E-state index in [0.717, 1.165) is 10.9 Å². The van der Waals surface area contributed by atoms with Gasteiger partial charge in [0.15, 0.2) is 0 Å². The van der Waals surface area contributed by atoms with Crippen molar-refractivity contribution in [3.63, 3.8) is 0 Å². The normalized spacial score (nSPS) is 16.7. The quantitative estimate of drug-likeness (QED) is 0.307. The van der Waals surface area contributed by atoms with Crippen LogP contribution in [-0.2, 0) is 9.59 Å². The zero-order valence-corrected chi connectivity index (χ0v) is 23.2. The maximum atomic E-state index is 13.6. The van der Waals surface area contributed by atoms with Crippen molar-refractivity contribution in [2.75, 3.05) is 6.54 Å². The SMILES string of the molecule is C[C@H](NC(=O)C(C)(F)F)[C@H](Oc1ccc2c(cnn2-c2cccc(C(=O)N3CCC[C@@H]3C(N)=O)c2)c1)c1ccccc1. The van der Waals surface area contributed by atoms with Crippen LogP contribution in [0.4, 0.5) is 8.78 Å². The van der Waals surface area contributed by atoms with Gasteiger partial charge in [-0.25, -0.2) is 4.68 Å². The van der Waals surface area contributed by atoms with Crippen LogP contribution >= 0.6 is 0 Å². The molecule has 5 rings (SSSR count). The fraction of sp³-hybridized carbons (Fsp3) is 0.290. The highest BCUT2D eigenvalue weighted by Gasteiger charge is 2.35. The van der Waals surface area contributed by atoms with Crippen molar-refractivity contribution in [1.82, 2.24) is 20.0 Å². The number of nitrogens with two attached hydrogens (primary N) is 1. The largest absolute Gasteiger partial charge is 0.484 e. The zero-order chi connectivity index (χ0) is 30.0. The van der Waals surface area contributed by atoms with Gasteiger partial charge in [-0.1, -0.05) is 36.4 Å². The molecule has 0 radical (unpaired) electrons. The Labute approximate surface area is 241 Å². The van der Waals surface area contributed by atoms with E-state index in [9.17, 15) is 23.2 Å². The molecule has 9 nitrogen and oxygen atoms in total. The predicted molar refractivity (Wildman–Crippen MR) is 152 cm³/mol. The number of ether oxygens (including phenoxy) is 1. The number of hydrogen-bond donors (Lipinski definition) is 2. The molecule has 3 amide bonds. The average Bonchev–Trinajstić information content (AvgIpc) is 3.63. The topological polar surface area (TPSA) is 120 Å². The van der Waals surface area contributed by atoms with Crippen molar-refractivity contribution in [2.24, 2.45) is 5.73 Å². The number of nitrogens with one attached hydrogen (secondary N) is 1. The number of carbonyl (C=O) groups is 3. The third kappa shape index (κ3) is 5.95. The lowest BCUT2D eigenvalue weighted by Gasteiger charge is -2.27. The molecule has 42 heavy (non-hydrogen) atoms. The molecular formula is C31H31F2N5O4. The van der Waals surface area contributed by atoms with Crippen LogP contribution < -0.4 is 15.8 Å². The Bertz CT molecular complexity index is 1620. The molecule has 0 aliphatic carbocycles. The fourth-order valence-electron chi connectivity index (χ4n) is 5.19. The van der Waals surface area contributed by atoms with Gasteiger partial charge in [0.1, 0.15) is 17.9 Å². The molecule has 1 fully saturated rings. The number of hydrogen-bond acceptors (Lipinski definition) is 5. The van der Waals surface area contributed by atoms with E-state index in [1.54, 1.807) is 78.5 Å². The molecule has 0 saturated carbocycles. The summed E-state index contributed by atoms with van der Waals surface area (Å²) >= 11 is 0. The summed E-state index contributed by atoms with van der Waals surface area (Å²) in [6.07, 6.45) is 2.17. The summed E-state index contributed by atoms with van der Waals surface area (Å²) in [6, 6.07) is 20.0. The van der Waals surface area contributed by atoms with Gasteiger partial charge >= 0.3 is 5.92 Å². The number of benzene rings is 3. The van der Waals surface area contributed by atoms with Crippen LogP contribution in [0, 0.1) is 0 Å². The monoisotopic (exact) mass is 575 g/mol. The number of nitrogens with zero attached hydrogens (tertiary/aromatic N) is 3. The minimum absolute atomic E-state index is 0.265. The van der Waals surface area contributed by atoms with Gasteiger partial charge in [0.2, 0.25) is 5.91 Å². The molecule has 2 heterocycles. The van der Waals surface area contributed by atoms with E-state index in [0.29, 0.717) is 48.9 Å². The van der Waals surface area contributed by atoms with Crippen molar-refractivity contribution in [2.45, 2.75) is 50.8 Å². The summed E-state index contributed by atoms with van der Waals surface area (Å²) in [5.74, 6) is -5.23. The molecule has 3 atom stereocenters. The smallest absolute Gasteiger partial charge is 0.321 e. The van der Waals surface area contributed by atoms with Gasteiger partial charge in [0, 0.05) is 24.4 Å². The highest BCUT2D eigenvalue weighted by Crippen LogP contribution is 2.30. The summed E-state index contributed by atoms with van der Waals surface area (Å²) < 4.78 is 35.1. The minimum atomic E-state index is -3.52. The zero-order valence-electron chi connectivity index (χ0n) is 23.2. The molecule has 1 saturated heterocycles. The molecule has 3 N–H and O–H groups in total. The summed E-state index contributed by atoms with van der Waals surface area (Å²) in [5, 5.41) is 7.60. The lowest BCUT2D eigenvalue weighted by molar-refractivity contribution is -0.144. The Morgan fingerprint density at radius 3 is 2.55 bits per heavy atom. The number of likely N-dealkylation sites (tertiary alicyclic amines) is 1. The second-order valence-electron chi connectivity index (χ2n) is 10.5. The number of amides is 3. The van der Waals surface area contributed by atoms with Crippen LogP contribution in [0.3, 0.4) is 0 Å². The first-order valence-electron chi connectivity index (χ1n) is 13.6. The number of aromatic nitrogens is 2. The molecule has 3 aromatic carbocycles. The van der Waals surface area contributed by atoms with E-state index < -0.39 is 35.9 Å². The molecule has 0 bridgehead atoms. The van der Waals surface area contributed by atoms with Crippen LogP contribution in [0.5, 0.6) is 5.75 Å². The van der Waals surface area contributed by atoms with E-state index in [1.807, 2.05) is 12.1 Å². The van der Waals surface area contributed by atoms with Crippen LogP contribution in [0.2, 0.25) is 0 Å². The first-order chi connectivity index (χ1) is 20.0. The standard InChI is InChI=1S/C31H31F2N5O4/c1-19(36-30(41)31(2,32)33)27(20-8-4-3-5-9-20)42-24-13-14-25-22(17-24)18-35-38(25)23-11-6-10-21(16-23)29(40)37-15-7-12-26(37)28(34)39/h3-6,8-11,13-14,16-19,26-27H,7,12,15H2,1-2H3,(H2,34,39)(H,36,41)/t19-,26+,27-/m0/s1. The number of primary amides is 1. The number of rotatable bonds is 9. The highest BCUT2D eigenvalue weighted by atomic mass is 19.3. The molecule has 218 valence electrons. The maximum Gasteiger partial charge on any atom is 0.321 e. The Balaban J connectivity index is 1.40. The van der Waals surface area contributed by atoms with Crippen molar-refractivity contribution in [3.05, 3.63) is 90.1 Å². The van der Waals surface area contributed by atoms with E-state index in [2.05, 4.69) is 10.4 Å². The Morgan fingerprint density at radius 2 is 1.83 bits per heavy atom. The van der Waals surface area contributed by atoms with Gasteiger partial charge in [-0.15, -0.1) is 0 Å². The van der Waals surface area contributed by atoms with Gasteiger partial charge in [-0.05, 0) is 61.7 Å². The Kier molecular flexibility index (Phi) is 7.93. The third-order valence-electron chi connectivity index (χ3n) is 7.32. The van der Waals surface area contributed by atoms with Gasteiger partial charge in [0.25, 0.3) is 11.8 Å².